The Kier molecular flexibility index (Phi) is 4.98. The Morgan fingerprint density at radius 3 is 1.88 bits per heavy atom. The molecule has 2 amide bonds. The second-order valence-corrected chi connectivity index (χ2v) is 3.72. The maximum absolute atomic E-state index is 11.1. The second kappa shape index (κ2) is 6.27. The van der Waals surface area contributed by atoms with Crippen LogP contribution < -0.4 is 10.6 Å². The number of rotatable bonds is 4. The minimum absolute atomic E-state index is 0.0303. The molecule has 0 spiro atoms. The highest BCUT2D eigenvalue weighted by molar-refractivity contribution is 9.09. The topological polar surface area (TPSA) is 58.2 Å². The van der Waals surface area contributed by atoms with Crippen molar-refractivity contribution in [2.45, 2.75) is 13.3 Å². The lowest BCUT2D eigenvalue weighted by atomic mass is 10.2. The molecule has 0 heterocycles. The van der Waals surface area contributed by atoms with Gasteiger partial charge in [-0.05, 0) is 24.3 Å². The smallest absolute Gasteiger partial charge is 0.235 e. The predicted molar refractivity (Wildman–Crippen MR) is 67.8 cm³/mol. The van der Waals surface area contributed by atoms with E-state index in [0.29, 0.717) is 12.1 Å². The number of hydrogen-bond donors (Lipinski definition) is 2. The first-order valence-corrected chi connectivity index (χ1v) is 6.03. The molecule has 1 aromatic rings. The van der Waals surface area contributed by atoms with Gasteiger partial charge in [0, 0.05) is 17.8 Å². The summed E-state index contributed by atoms with van der Waals surface area (Å²) in [5.41, 5.74) is 1.43. The van der Waals surface area contributed by atoms with E-state index in [-0.39, 0.29) is 17.1 Å². The highest BCUT2D eigenvalue weighted by Crippen LogP contribution is 2.13. The molecule has 0 aliphatic rings. The van der Waals surface area contributed by atoms with Crippen LogP contribution in [0.5, 0.6) is 0 Å². The summed E-state index contributed by atoms with van der Waals surface area (Å²) in [6.07, 6.45) is 0.447. The molecule has 0 unspecified atom stereocenters. The molecule has 5 heteroatoms. The monoisotopic (exact) mass is 284 g/mol. The normalized spacial score (nSPS) is 9.62. The van der Waals surface area contributed by atoms with Crippen molar-refractivity contribution in [1.82, 2.24) is 0 Å². The van der Waals surface area contributed by atoms with Gasteiger partial charge in [-0.1, -0.05) is 22.9 Å². The highest BCUT2D eigenvalue weighted by Gasteiger charge is 2.01. The number of hydrogen-bond acceptors (Lipinski definition) is 2. The van der Waals surface area contributed by atoms with Gasteiger partial charge in [-0.15, -0.1) is 0 Å². The Morgan fingerprint density at radius 2 is 1.50 bits per heavy atom. The summed E-state index contributed by atoms with van der Waals surface area (Å²) in [6, 6.07) is 6.98. The third-order valence-electron chi connectivity index (χ3n) is 1.89. The van der Waals surface area contributed by atoms with Crippen LogP contribution in [0.3, 0.4) is 0 Å². The zero-order valence-corrected chi connectivity index (χ0v) is 10.5. The lowest BCUT2D eigenvalue weighted by Crippen LogP contribution is -2.12. The number of alkyl halides is 1. The van der Waals surface area contributed by atoms with Gasteiger partial charge < -0.3 is 10.6 Å². The number of amides is 2. The minimum atomic E-state index is -0.106. The molecule has 0 fully saturated rings. The number of benzene rings is 1. The van der Waals surface area contributed by atoms with Crippen molar-refractivity contribution in [3.05, 3.63) is 24.3 Å². The van der Waals surface area contributed by atoms with E-state index in [1.54, 1.807) is 31.2 Å². The van der Waals surface area contributed by atoms with Gasteiger partial charge in [0.25, 0.3) is 0 Å². The fraction of sp³-hybridized carbons (Fsp3) is 0.273. The summed E-state index contributed by atoms with van der Waals surface area (Å²) in [5, 5.41) is 5.68. The van der Waals surface area contributed by atoms with Crippen LogP contribution >= 0.6 is 15.9 Å². The van der Waals surface area contributed by atoms with E-state index in [4.69, 9.17) is 0 Å². The van der Waals surface area contributed by atoms with E-state index < -0.39 is 0 Å². The first-order valence-electron chi connectivity index (χ1n) is 4.91. The number of halogens is 1. The van der Waals surface area contributed by atoms with Gasteiger partial charge in [0.1, 0.15) is 0 Å². The van der Waals surface area contributed by atoms with Crippen molar-refractivity contribution in [2.24, 2.45) is 0 Å². The van der Waals surface area contributed by atoms with E-state index in [1.807, 2.05) is 0 Å². The largest absolute Gasteiger partial charge is 0.326 e. The van der Waals surface area contributed by atoms with E-state index in [0.717, 1.165) is 5.69 Å². The quantitative estimate of drug-likeness (QED) is 0.834. The van der Waals surface area contributed by atoms with Gasteiger partial charge >= 0.3 is 0 Å². The summed E-state index contributed by atoms with van der Waals surface area (Å²) < 4.78 is 0. The standard InChI is InChI=1S/C11H13BrN2O2/c1-2-10(15)13-8-3-5-9(6-4-8)14-11(16)7-12/h3-6H,2,7H2,1H3,(H,13,15)(H,14,16). The molecule has 86 valence electrons. The fourth-order valence-electron chi connectivity index (χ4n) is 1.08. The van der Waals surface area contributed by atoms with Crippen molar-refractivity contribution < 1.29 is 9.59 Å². The molecule has 1 aromatic carbocycles. The molecule has 4 nitrogen and oxygen atoms in total. The Hall–Kier alpha value is -1.36. The third kappa shape index (κ3) is 4.02. The van der Waals surface area contributed by atoms with E-state index in [9.17, 15) is 9.59 Å². The van der Waals surface area contributed by atoms with Crippen LogP contribution in [0, 0.1) is 0 Å². The molecule has 0 atom stereocenters. The SMILES string of the molecule is CCC(=O)Nc1ccc(NC(=O)CBr)cc1. The van der Waals surface area contributed by atoms with Crippen LogP contribution in [0.2, 0.25) is 0 Å². The highest BCUT2D eigenvalue weighted by atomic mass is 79.9. The lowest BCUT2D eigenvalue weighted by Gasteiger charge is -2.06. The lowest BCUT2D eigenvalue weighted by molar-refractivity contribution is -0.116. The summed E-state index contributed by atoms with van der Waals surface area (Å²) >= 11 is 3.06. The van der Waals surface area contributed by atoms with Gasteiger partial charge in [-0.2, -0.15) is 0 Å². The van der Waals surface area contributed by atoms with Crippen LogP contribution in [-0.2, 0) is 9.59 Å². The van der Waals surface area contributed by atoms with Crippen molar-refractivity contribution in [3.63, 3.8) is 0 Å². The molecule has 0 aliphatic heterocycles. The Balaban J connectivity index is 2.60. The maximum Gasteiger partial charge on any atom is 0.235 e. The molecule has 2 N–H and O–H groups in total. The average Bonchev–Trinajstić information content (AvgIpc) is 2.31. The summed E-state index contributed by atoms with van der Waals surface area (Å²) in [7, 11) is 0. The summed E-state index contributed by atoms with van der Waals surface area (Å²) in [5.74, 6) is -0.136. The van der Waals surface area contributed by atoms with Gasteiger partial charge in [0.05, 0.1) is 5.33 Å². The molecule has 16 heavy (non-hydrogen) atoms. The molecule has 0 aromatic heterocycles. The average molecular weight is 285 g/mol. The van der Waals surface area contributed by atoms with Crippen molar-refractivity contribution in [3.8, 4) is 0 Å². The fourth-order valence-corrected chi connectivity index (χ4v) is 1.22. The Labute approximate surface area is 103 Å². The molecule has 0 saturated carbocycles. The number of nitrogens with one attached hydrogen (secondary N) is 2. The van der Waals surface area contributed by atoms with Crippen molar-refractivity contribution in [2.75, 3.05) is 16.0 Å². The van der Waals surface area contributed by atoms with E-state index in [1.165, 1.54) is 0 Å². The zero-order chi connectivity index (χ0) is 12.0. The number of carbonyl (C=O) groups is 2. The zero-order valence-electron chi connectivity index (χ0n) is 8.92. The van der Waals surface area contributed by atoms with Crippen LogP contribution in [0.15, 0.2) is 24.3 Å². The minimum Gasteiger partial charge on any atom is -0.326 e. The first kappa shape index (κ1) is 12.7. The molecular formula is C11H13BrN2O2. The maximum atomic E-state index is 11.1. The summed E-state index contributed by atoms with van der Waals surface area (Å²) in [6.45, 7) is 1.79. The molecule has 0 saturated heterocycles. The summed E-state index contributed by atoms with van der Waals surface area (Å²) in [4.78, 5) is 22.2. The molecular weight excluding hydrogens is 272 g/mol. The second-order valence-electron chi connectivity index (χ2n) is 3.16. The predicted octanol–water partition coefficient (Wildman–Crippen LogP) is 2.37. The van der Waals surface area contributed by atoms with Crippen LogP contribution in [-0.4, -0.2) is 17.1 Å². The van der Waals surface area contributed by atoms with Crippen molar-refractivity contribution >= 4 is 39.1 Å². The molecule has 0 aliphatic carbocycles. The molecule has 0 radical (unpaired) electrons. The Morgan fingerprint density at radius 1 is 1.06 bits per heavy atom. The van der Waals surface area contributed by atoms with Crippen molar-refractivity contribution in [1.29, 1.82) is 0 Å². The van der Waals surface area contributed by atoms with Crippen LogP contribution in [0.25, 0.3) is 0 Å². The first-order chi connectivity index (χ1) is 7.65. The van der Waals surface area contributed by atoms with Gasteiger partial charge in [-0.3, -0.25) is 9.59 Å². The van der Waals surface area contributed by atoms with Gasteiger partial charge in [0.2, 0.25) is 11.8 Å². The van der Waals surface area contributed by atoms with E-state index >= 15 is 0 Å². The van der Waals surface area contributed by atoms with Gasteiger partial charge in [-0.25, -0.2) is 0 Å². The van der Waals surface area contributed by atoms with Gasteiger partial charge in [0.15, 0.2) is 0 Å². The molecule has 1 rings (SSSR count). The van der Waals surface area contributed by atoms with Crippen LogP contribution in [0.4, 0.5) is 11.4 Å². The third-order valence-corrected chi connectivity index (χ3v) is 2.40. The van der Waals surface area contributed by atoms with E-state index in [2.05, 4.69) is 26.6 Å². The molecule has 0 bridgehead atoms. The van der Waals surface area contributed by atoms with Crippen LogP contribution in [0.1, 0.15) is 13.3 Å². The number of carbonyl (C=O) groups excluding carboxylic acids is 2. The number of anilines is 2. The Bertz CT molecular complexity index is 339.